The smallest absolute Gasteiger partial charge is 0.337 e. The second-order valence-corrected chi connectivity index (χ2v) is 10.7. The van der Waals surface area contributed by atoms with Crippen LogP contribution in [0.1, 0.15) is 25.8 Å². The summed E-state index contributed by atoms with van der Waals surface area (Å²) in [7, 11) is 2.72. The first-order valence-corrected chi connectivity index (χ1v) is 13.4. The van der Waals surface area contributed by atoms with Gasteiger partial charge in [-0.15, -0.1) is 0 Å². The van der Waals surface area contributed by atoms with Crippen LogP contribution in [-0.2, 0) is 38.1 Å². The van der Waals surface area contributed by atoms with Crippen LogP contribution in [0.3, 0.4) is 0 Å². The Balaban J connectivity index is 1.69. The Morgan fingerprint density at radius 2 is 1.74 bits per heavy atom. The molecule has 230 valence electrons. The third-order valence-electron chi connectivity index (χ3n) is 7.97. The molecule has 2 heterocycles. The lowest BCUT2D eigenvalue weighted by atomic mass is 9.77. The lowest BCUT2D eigenvalue weighted by Gasteiger charge is -2.44. The van der Waals surface area contributed by atoms with Gasteiger partial charge in [0.1, 0.15) is 35.8 Å². The van der Waals surface area contributed by atoms with Crippen LogP contribution in [0.4, 0.5) is 0 Å². The molecule has 1 aromatic rings. The van der Waals surface area contributed by atoms with E-state index in [0.29, 0.717) is 5.75 Å². The quantitative estimate of drug-likeness (QED) is 0.223. The van der Waals surface area contributed by atoms with E-state index in [1.165, 1.54) is 20.1 Å². The highest BCUT2D eigenvalue weighted by atomic mass is 16.8. The number of esters is 2. The number of hydrogen-bond acceptors (Lipinski definition) is 13. The number of rotatable bonds is 9. The van der Waals surface area contributed by atoms with Gasteiger partial charge in [-0.2, -0.15) is 0 Å². The Bertz CT molecular complexity index is 1210. The average molecular weight is 593 g/mol. The first-order chi connectivity index (χ1) is 19.9. The molecule has 4 N–H and O–H groups in total. The summed E-state index contributed by atoms with van der Waals surface area (Å²) in [5.41, 5.74) is -0.666. The van der Waals surface area contributed by atoms with E-state index in [1.54, 1.807) is 44.4 Å². The van der Waals surface area contributed by atoms with Gasteiger partial charge in [0, 0.05) is 18.8 Å². The van der Waals surface area contributed by atoms with E-state index in [2.05, 4.69) is 0 Å². The predicted molar refractivity (Wildman–Crippen MR) is 142 cm³/mol. The number of fused-ring (bicyclic) bond motifs is 1. The largest absolute Gasteiger partial charge is 0.497 e. The zero-order valence-electron chi connectivity index (χ0n) is 23.6. The highest BCUT2D eigenvalue weighted by Crippen LogP contribution is 2.54. The fourth-order valence-electron chi connectivity index (χ4n) is 5.96. The molecule has 0 aromatic heterocycles. The highest BCUT2D eigenvalue weighted by molar-refractivity contribution is 5.98. The molecule has 0 radical (unpaired) electrons. The van der Waals surface area contributed by atoms with Crippen molar-refractivity contribution in [3.8, 4) is 5.75 Å². The maximum Gasteiger partial charge on any atom is 0.337 e. The molecule has 2 aliphatic heterocycles. The molecule has 42 heavy (non-hydrogen) atoms. The monoisotopic (exact) mass is 592 g/mol. The van der Waals surface area contributed by atoms with Gasteiger partial charge in [-0.3, -0.25) is 9.59 Å². The van der Waals surface area contributed by atoms with Crippen LogP contribution in [-0.4, -0.2) is 102 Å². The first-order valence-electron chi connectivity index (χ1n) is 13.4. The van der Waals surface area contributed by atoms with Crippen molar-refractivity contribution in [2.75, 3.05) is 20.8 Å². The number of allylic oxidation sites excluding steroid dienone is 1. The van der Waals surface area contributed by atoms with Gasteiger partial charge in [-0.05, 0) is 37.1 Å². The van der Waals surface area contributed by atoms with Gasteiger partial charge in [-0.25, -0.2) is 4.79 Å². The van der Waals surface area contributed by atoms with E-state index in [9.17, 15) is 34.8 Å². The average Bonchev–Trinajstić information content (AvgIpc) is 3.28. The highest BCUT2D eigenvalue weighted by Gasteiger charge is 2.63. The minimum absolute atomic E-state index is 0.0140. The molecule has 0 bridgehead atoms. The van der Waals surface area contributed by atoms with E-state index in [-0.39, 0.29) is 17.8 Å². The molecule has 0 unspecified atom stereocenters. The minimum Gasteiger partial charge on any atom is -0.497 e. The number of carbonyl (C=O) groups is 3. The van der Waals surface area contributed by atoms with Gasteiger partial charge in [-0.1, -0.05) is 18.2 Å². The maximum absolute atomic E-state index is 13.7. The van der Waals surface area contributed by atoms with Gasteiger partial charge in [0.25, 0.3) is 0 Å². The summed E-state index contributed by atoms with van der Waals surface area (Å²) in [6, 6.07) is 7.01. The lowest BCUT2D eigenvalue weighted by molar-refractivity contribution is -0.346. The molecule has 0 amide bonds. The zero-order chi connectivity index (χ0) is 30.8. The van der Waals surface area contributed by atoms with Crippen molar-refractivity contribution in [2.24, 2.45) is 17.8 Å². The third-order valence-corrected chi connectivity index (χ3v) is 7.97. The van der Waals surface area contributed by atoms with Crippen molar-refractivity contribution < 1.29 is 63.2 Å². The van der Waals surface area contributed by atoms with Crippen molar-refractivity contribution in [3.63, 3.8) is 0 Å². The van der Waals surface area contributed by atoms with Crippen molar-refractivity contribution in [1.29, 1.82) is 0 Å². The van der Waals surface area contributed by atoms with E-state index >= 15 is 0 Å². The van der Waals surface area contributed by atoms with E-state index < -0.39 is 78.9 Å². The third kappa shape index (κ3) is 6.21. The summed E-state index contributed by atoms with van der Waals surface area (Å²) in [4.78, 5) is 38.7. The van der Waals surface area contributed by atoms with E-state index in [4.69, 9.17) is 28.4 Å². The van der Waals surface area contributed by atoms with Crippen molar-refractivity contribution >= 4 is 23.8 Å². The molecule has 1 aromatic carbocycles. The number of benzene rings is 1. The van der Waals surface area contributed by atoms with Gasteiger partial charge in [0.05, 0.1) is 38.6 Å². The van der Waals surface area contributed by atoms with Crippen LogP contribution in [0, 0.1) is 17.8 Å². The van der Waals surface area contributed by atoms with Gasteiger partial charge >= 0.3 is 11.9 Å². The minimum atomic E-state index is -1.75. The van der Waals surface area contributed by atoms with E-state index in [1.807, 2.05) is 0 Å². The Morgan fingerprint density at radius 3 is 2.33 bits per heavy atom. The van der Waals surface area contributed by atoms with Crippen LogP contribution < -0.4 is 4.74 Å². The van der Waals surface area contributed by atoms with Crippen LogP contribution in [0.15, 0.2) is 42.2 Å². The Morgan fingerprint density at radius 1 is 1.05 bits per heavy atom. The fourth-order valence-corrected chi connectivity index (χ4v) is 5.96. The van der Waals surface area contributed by atoms with Gasteiger partial charge in [0.2, 0.25) is 6.29 Å². The molecule has 13 nitrogen and oxygen atoms in total. The number of aliphatic hydroxyl groups is 4. The molecule has 10 atom stereocenters. The topological polar surface area (TPSA) is 188 Å². The molecular formula is C29H36O13. The summed E-state index contributed by atoms with van der Waals surface area (Å²) in [5, 5.41) is 40.5. The maximum atomic E-state index is 13.7. The lowest BCUT2D eigenvalue weighted by Crippen LogP contribution is -2.61. The zero-order valence-corrected chi connectivity index (χ0v) is 23.6. The fraction of sp³-hybridized carbons (Fsp3) is 0.552. The van der Waals surface area contributed by atoms with Crippen LogP contribution >= 0.6 is 0 Å². The molecule has 13 heteroatoms. The van der Waals surface area contributed by atoms with Crippen molar-refractivity contribution in [1.82, 2.24) is 0 Å². The summed E-state index contributed by atoms with van der Waals surface area (Å²) >= 11 is 0. The molecule has 3 aliphatic rings. The Labute approximate surface area is 242 Å². The SMILES string of the molecule is COC(=O)C1=CO[C@@H](O[C@@H]2O[C@H](CO)[C@@H](O)[C@H](O)[C@H]2O)[C@H]2[C@@H]1[C@H](C(=O)/C=C\c1ccc(OC)cc1)C[C@]2(C)OC(C)=O. The van der Waals surface area contributed by atoms with Crippen LogP contribution in [0.25, 0.3) is 6.08 Å². The number of carbonyl (C=O) groups excluding carboxylic acids is 3. The molecule has 0 spiro atoms. The number of aliphatic hydroxyl groups excluding tert-OH is 4. The second kappa shape index (κ2) is 12.9. The number of ether oxygens (including phenoxy) is 6. The number of hydrogen-bond donors (Lipinski definition) is 4. The molecule has 1 saturated heterocycles. The summed E-state index contributed by atoms with van der Waals surface area (Å²) in [5.74, 6) is -3.92. The van der Waals surface area contributed by atoms with Crippen molar-refractivity contribution in [2.45, 2.75) is 62.9 Å². The van der Waals surface area contributed by atoms with E-state index in [0.717, 1.165) is 11.8 Å². The van der Waals surface area contributed by atoms with Gasteiger partial charge in [0.15, 0.2) is 12.1 Å². The predicted octanol–water partition coefficient (Wildman–Crippen LogP) is 0.0813. The van der Waals surface area contributed by atoms with Crippen molar-refractivity contribution in [3.05, 3.63) is 47.7 Å². The molecular weight excluding hydrogens is 556 g/mol. The standard InChI is InChI=1S/C29H36O13/c1-14(31)42-29(2)11-17(19(32)10-7-15-5-8-16(37-3)9-6-15)21-18(26(36)38-4)13-39-27(22(21)29)41-28-25(35)24(34)23(33)20(12-30)40-28/h5-10,13,17,20-25,27-28,30,33-35H,11-12H2,1-4H3/b10-7-/t17-,20+,21+,22+,23+,24-,25+,27-,28-,29-/m0/s1. The molecule has 1 saturated carbocycles. The molecule has 4 rings (SSSR count). The summed E-state index contributed by atoms with van der Waals surface area (Å²) in [6.07, 6.45) is -5.23. The second-order valence-electron chi connectivity index (χ2n) is 10.7. The Kier molecular flexibility index (Phi) is 9.70. The molecule has 1 aliphatic carbocycles. The van der Waals surface area contributed by atoms with Crippen LogP contribution in [0.5, 0.6) is 5.75 Å². The molecule has 2 fully saturated rings. The number of ketones is 1. The van der Waals surface area contributed by atoms with Gasteiger partial charge < -0.3 is 48.8 Å². The first kappa shape index (κ1) is 31.6. The Hall–Kier alpha value is -3.33. The number of methoxy groups -OCH3 is 2. The summed E-state index contributed by atoms with van der Waals surface area (Å²) in [6.45, 7) is 2.10. The summed E-state index contributed by atoms with van der Waals surface area (Å²) < 4.78 is 33.0. The van der Waals surface area contributed by atoms with Crippen LogP contribution in [0.2, 0.25) is 0 Å². The normalized spacial score (nSPS) is 36.0.